The molecule has 0 spiro atoms. The van der Waals surface area contributed by atoms with E-state index in [-0.39, 0.29) is 0 Å². The zero-order chi connectivity index (χ0) is 13.0. The lowest BCUT2D eigenvalue weighted by atomic mass is 10.2. The molecule has 2 N–H and O–H groups in total. The van der Waals surface area contributed by atoms with Gasteiger partial charge in [0.1, 0.15) is 18.0 Å². The summed E-state index contributed by atoms with van der Waals surface area (Å²) < 4.78 is 1.85. The van der Waals surface area contributed by atoms with E-state index >= 15 is 0 Å². The SMILES string of the molecule is CCc1c(NC)ncnc1NCc1ccnn1C. The van der Waals surface area contributed by atoms with Gasteiger partial charge in [0.2, 0.25) is 0 Å². The van der Waals surface area contributed by atoms with Crippen molar-refractivity contribution in [1.82, 2.24) is 19.7 Å². The van der Waals surface area contributed by atoms with Gasteiger partial charge in [-0.2, -0.15) is 5.10 Å². The van der Waals surface area contributed by atoms with E-state index in [1.165, 1.54) is 0 Å². The van der Waals surface area contributed by atoms with Gasteiger partial charge in [0.05, 0.1) is 12.2 Å². The highest BCUT2D eigenvalue weighted by Gasteiger charge is 2.08. The maximum atomic E-state index is 4.30. The summed E-state index contributed by atoms with van der Waals surface area (Å²) in [4.78, 5) is 8.51. The van der Waals surface area contributed by atoms with Crippen molar-refractivity contribution in [3.63, 3.8) is 0 Å². The molecule has 0 aliphatic heterocycles. The van der Waals surface area contributed by atoms with Crippen LogP contribution in [0.25, 0.3) is 0 Å². The average molecular weight is 246 g/mol. The number of hydrogen-bond donors (Lipinski definition) is 2. The quantitative estimate of drug-likeness (QED) is 0.835. The summed E-state index contributed by atoms with van der Waals surface area (Å²) in [7, 11) is 3.79. The van der Waals surface area contributed by atoms with Crippen LogP contribution in [-0.2, 0) is 20.0 Å². The van der Waals surface area contributed by atoms with E-state index < -0.39 is 0 Å². The largest absolute Gasteiger partial charge is 0.373 e. The van der Waals surface area contributed by atoms with Gasteiger partial charge in [-0.3, -0.25) is 4.68 Å². The van der Waals surface area contributed by atoms with E-state index in [9.17, 15) is 0 Å². The highest BCUT2D eigenvalue weighted by molar-refractivity contribution is 5.57. The van der Waals surface area contributed by atoms with Gasteiger partial charge in [-0.25, -0.2) is 9.97 Å². The van der Waals surface area contributed by atoms with E-state index in [1.807, 2.05) is 24.8 Å². The van der Waals surface area contributed by atoms with E-state index in [2.05, 4.69) is 32.6 Å². The molecule has 6 nitrogen and oxygen atoms in total. The highest BCUT2D eigenvalue weighted by atomic mass is 15.3. The Labute approximate surface area is 106 Å². The van der Waals surface area contributed by atoms with Gasteiger partial charge in [-0.05, 0) is 12.5 Å². The monoisotopic (exact) mass is 246 g/mol. The van der Waals surface area contributed by atoms with Crippen LogP contribution in [0.2, 0.25) is 0 Å². The molecule has 2 heterocycles. The summed E-state index contributed by atoms with van der Waals surface area (Å²) in [5, 5.41) is 10.5. The second-order valence-corrected chi connectivity index (χ2v) is 3.95. The van der Waals surface area contributed by atoms with Crippen molar-refractivity contribution >= 4 is 11.6 Å². The fourth-order valence-corrected chi connectivity index (χ4v) is 1.86. The predicted molar refractivity (Wildman–Crippen MR) is 71.5 cm³/mol. The smallest absolute Gasteiger partial charge is 0.135 e. The first kappa shape index (κ1) is 12.3. The van der Waals surface area contributed by atoms with E-state index in [1.54, 1.807) is 12.5 Å². The normalized spacial score (nSPS) is 10.4. The van der Waals surface area contributed by atoms with Gasteiger partial charge in [-0.15, -0.1) is 0 Å². The molecule has 0 aliphatic carbocycles. The fraction of sp³-hybridized carbons (Fsp3) is 0.417. The number of rotatable bonds is 5. The van der Waals surface area contributed by atoms with Gasteiger partial charge in [0.15, 0.2) is 0 Å². The maximum Gasteiger partial charge on any atom is 0.135 e. The Morgan fingerprint density at radius 2 is 2.06 bits per heavy atom. The molecule has 18 heavy (non-hydrogen) atoms. The summed E-state index contributed by atoms with van der Waals surface area (Å²) >= 11 is 0. The van der Waals surface area contributed by atoms with Crippen LogP contribution in [0.5, 0.6) is 0 Å². The van der Waals surface area contributed by atoms with Crippen molar-refractivity contribution in [3.8, 4) is 0 Å². The number of aromatic nitrogens is 4. The van der Waals surface area contributed by atoms with E-state index in [0.717, 1.165) is 29.3 Å². The minimum atomic E-state index is 0.698. The second kappa shape index (κ2) is 5.48. The van der Waals surface area contributed by atoms with Gasteiger partial charge in [0, 0.05) is 25.9 Å². The fourth-order valence-electron chi connectivity index (χ4n) is 1.86. The predicted octanol–water partition coefficient (Wildman–Crippen LogP) is 1.43. The molecule has 0 bridgehead atoms. The first-order valence-corrected chi connectivity index (χ1v) is 5.98. The third kappa shape index (κ3) is 2.42. The van der Waals surface area contributed by atoms with Crippen molar-refractivity contribution in [2.24, 2.45) is 7.05 Å². The number of aryl methyl sites for hydroxylation is 1. The van der Waals surface area contributed by atoms with E-state index in [0.29, 0.717) is 6.54 Å². The summed E-state index contributed by atoms with van der Waals surface area (Å²) in [5.74, 6) is 1.75. The number of nitrogens with zero attached hydrogens (tertiary/aromatic N) is 4. The minimum absolute atomic E-state index is 0.698. The maximum absolute atomic E-state index is 4.30. The van der Waals surface area contributed by atoms with Crippen LogP contribution in [0.15, 0.2) is 18.6 Å². The molecule has 0 saturated carbocycles. The Kier molecular flexibility index (Phi) is 3.76. The number of anilines is 2. The molecule has 0 saturated heterocycles. The molecule has 0 unspecified atom stereocenters. The third-order valence-electron chi connectivity index (χ3n) is 2.90. The third-order valence-corrected chi connectivity index (χ3v) is 2.90. The summed E-state index contributed by atoms with van der Waals surface area (Å²) in [6.45, 7) is 2.79. The van der Waals surface area contributed by atoms with Gasteiger partial charge >= 0.3 is 0 Å². The van der Waals surface area contributed by atoms with Crippen molar-refractivity contribution in [1.29, 1.82) is 0 Å². The van der Waals surface area contributed by atoms with Crippen molar-refractivity contribution in [2.45, 2.75) is 19.9 Å². The first-order valence-electron chi connectivity index (χ1n) is 5.98. The molecule has 2 aromatic rings. The van der Waals surface area contributed by atoms with Crippen molar-refractivity contribution in [2.75, 3.05) is 17.7 Å². The van der Waals surface area contributed by atoms with Crippen LogP contribution >= 0.6 is 0 Å². The van der Waals surface area contributed by atoms with Crippen LogP contribution in [0.3, 0.4) is 0 Å². The lowest BCUT2D eigenvalue weighted by Crippen LogP contribution is -2.10. The molecular weight excluding hydrogens is 228 g/mol. The Bertz CT molecular complexity index is 519. The van der Waals surface area contributed by atoms with Crippen molar-refractivity contribution in [3.05, 3.63) is 29.8 Å². The Balaban J connectivity index is 2.16. The lowest BCUT2D eigenvalue weighted by Gasteiger charge is -2.12. The molecule has 0 atom stereocenters. The topological polar surface area (TPSA) is 67.7 Å². The van der Waals surface area contributed by atoms with Gasteiger partial charge in [0.25, 0.3) is 0 Å². The lowest BCUT2D eigenvalue weighted by molar-refractivity contribution is 0.719. The number of hydrogen-bond acceptors (Lipinski definition) is 5. The molecule has 0 amide bonds. The Morgan fingerprint density at radius 3 is 2.67 bits per heavy atom. The Morgan fingerprint density at radius 1 is 1.28 bits per heavy atom. The summed E-state index contributed by atoms with van der Waals surface area (Å²) in [5.41, 5.74) is 2.21. The van der Waals surface area contributed by atoms with Crippen LogP contribution < -0.4 is 10.6 Å². The Hall–Kier alpha value is -2.11. The van der Waals surface area contributed by atoms with Gasteiger partial charge < -0.3 is 10.6 Å². The average Bonchev–Trinajstić information content (AvgIpc) is 2.81. The standard InChI is InChI=1S/C12H18N6/c1-4-10-11(13-2)15-8-16-12(10)14-7-9-5-6-17-18(9)3/h5-6,8H,4,7H2,1-3H3,(H2,13,14,15,16). The van der Waals surface area contributed by atoms with Crippen LogP contribution in [-0.4, -0.2) is 26.8 Å². The first-order chi connectivity index (χ1) is 8.76. The second-order valence-electron chi connectivity index (χ2n) is 3.95. The highest BCUT2D eigenvalue weighted by Crippen LogP contribution is 2.20. The molecule has 96 valence electrons. The van der Waals surface area contributed by atoms with Crippen molar-refractivity contribution < 1.29 is 0 Å². The minimum Gasteiger partial charge on any atom is -0.373 e. The van der Waals surface area contributed by atoms with Crippen LogP contribution in [0.1, 0.15) is 18.2 Å². The molecule has 0 radical (unpaired) electrons. The number of nitrogens with one attached hydrogen (secondary N) is 2. The molecule has 2 aromatic heterocycles. The zero-order valence-corrected chi connectivity index (χ0v) is 10.9. The van der Waals surface area contributed by atoms with Crippen LogP contribution in [0, 0.1) is 0 Å². The molecule has 2 rings (SSSR count). The molecule has 0 fully saturated rings. The summed E-state index contributed by atoms with van der Waals surface area (Å²) in [6.07, 6.45) is 4.23. The van der Waals surface area contributed by atoms with E-state index in [4.69, 9.17) is 0 Å². The molecule has 0 aliphatic rings. The molecule has 6 heteroatoms. The zero-order valence-electron chi connectivity index (χ0n) is 10.9. The molecule has 0 aromatic carbocycles. The van der Waals surface area contributed by atoms with Crippen LogP contribution in [0.4, 0.5) is 11.6 Å². The molecular formula is C12H18N6. The van der Waals surface area contributed by atoms with Gasteiger partial charge in [-0.1, -0.05) is 6.92 Å². The summed E-state index contributed by atoms with van der Waals surface area (Å²) in [6, 6.07) is 1.98.